The van der Waals surface area contributed by atoms with E-state index < -0.39 is 35.4 Å². The summed E-state index contributed by atoms with van der Waals surface area (Å²) in [5.74, 6) is -3.85. The van der Waals surface area contributed by atoms with Crippen LogP contribution in [0.3, 0.4) is 0 Å². The number of carbonyl (C=O) groups is 3. The number of hydrogen-bond donors (Lipinski definition) is 4. The molecule has 0 radical (unpaired) electrons. The van der Waals surface area contributed by atoms with Crippen LogP contribution in [0, 0.1) is 11.6 Å². The van der Waals surface area contributed by atoms with Gasteiger partial charge in [-0.1, -0.05) is 12.1 Å². The normalized spacial score (nSPS) is 11.4. The van der Waals surface area contributed by atoms with Crippen molar-refractivity contribution in [1.82, 2.24) is 15.7 Å². The second-order valence-corrected chi connectivity index (χ2v) is 6.05. The van der Waals surface area contributed by atoms with Crippen LogP contribution < -0.4 is 16.1 Å². The Morgan fingerprint density at radius 3 is 2.14 bits per heavy atom. The van der Waals surface area contributed by atoms with Gasteiger partial charge in [-0.05, 0) is 23.8 Å². The van der Waals surface area contributed by atoms with Crippen LogP contribution >= 0.6 is 0 Å². The van der Waals surface area contributed by atoms with Crippen LogP contribution in [0.25, 0.3) is 11.1 Å². The summed E-state index contributed by atoms with van der Waals surface area (Å²) >= 11 is 0. The van der Waals surface area contributed by atoms with Crippen LogP contribution in [0.2, 0.25) is 0 Å². The molecule has 3 amide bonds. The molecule has 0 aromatic heterocycles. The predicted molar refractivity (Wildman–Crippen MR) is 101 cm³/mol. The number of likely N-dealkylation sites (N-methyl/N-ethyl adjacent to an activating group) is 2. The molecule has 4 N–H and O–H groups in total. The number of halogens is 2. The number of amides is 3. The van der Waals surface area contributed by atoms with E-state index in [4.69, 9.17) is 5.21 Å². The number of benzene rings is 2. The van der Waals surface area contributed by atoms with E-state index in [0.29, 0.717) is 5.56 Å². The van der Waals surface area contributed by atoms with E-state index in [0.717, 1.165) is 17.0 Å². The number of rotatable bonds is 6. The summed E-state index contributed by atoms with van der Waals surface area (Å²) in [6, 6.07) is 6.01. The SMILES string of the molecule is CNC(=O)C(C(=O)NO)N(C)C(=O)c1ccc(-c2cc(F)c(NC)cc2F)cc1. The summed E-state index contributed by atoms with van der Waals surface area (Å²) in [7, 11) is 3.97. The van der Waals surface area contributed by atoms with E-state index in [1.807, 2.05) is 0 Å². The molecular formula is C19H20F2N4O4. The van der Waals surface area contributed by atoms with Crippen LogP contribution in [0.4, 0.5) is 14.5 Å². The van der Waals surface area contributed by atoms with Gasteiger partial charge < -0.3 is 15.5 Å². The molecule has 0 aliphatic heterocycles. The molecule has 2 rings (SSSR count). The van der Waals surface area contributed by atoms with Gasteiger partial charge in [0.1, 0.15) is 11.6 Å². The van der Waals surface area contributed by atoms with Gasteiger partial charge >= 0.3 is 0 Å². The number of hydrogen-bond acceptors (Lipinski definition) is 5. The van der Waals surface area contributed by atoms with Crippen molar-refractivity contribution in [2.24, 2.45) is 0 Å². The molecule has 0 saturated carbocycles. The number of anilines is 1. The van der Waals surface area contributed by atoms with E-state index in [1.165, 1.54) is 50.9 Å². The largest absolute Gasteiger partial charge is 0.386 e. The summed E-state index contributed by atoms with van der Waals surface area (Å²) in [4.78, 5) is 37.1. The zero-order valence-corrected chi connectivity index (χ0v) is 15.9. The lowest BCUT2D eigenvalue weighted by atomic mass is 10.0. The molecule has 0 heterocycles. The zero-order chi connectivity index (χ0) is 21.7. The summed E-state index contributed by atoms with van der Waals surface area (Å²) in [6.07, 6.45) is 0. The minimum atomic E-state index is -1.60. The Bertz CT molecular complexity index is 919. The zero-order valence-electron chi connectivity index (χ0n) is 15.9. The van der Waals surface area contributed by atoms with Crippen molar-refractivity contribution in [3.63, 3.8) is 0 Å². The van der Waals surface area contributed by atoms with Crippen molar-refractivity contribution in [1.29, 1.82) is 0 Å². The summed E-state index contributed by atoms with van der Waals surface area (Å²) < 4.78 is 28.2. The summed E-state index contributed by atoms with van der Waals surface area (Å²) in [5, 5.41) is 13.6. The predicted octanol–water partition coefficient (Wildman–Crippen LogP) is 1.37. The van der Waals surface area contributed by atoms with Crippen LogP contribution in [0.1, 0.15) is 10.4 Å². The third-order valence-electron chi connectivity index (χ3n) is 4.33. The molecule has 0 bridgehead atoms. The van der Waals surface area contributed by atoms with Crippen molar-refractivity contribution in [3.8, 4) is 11.1 Å². The van der Waals surface area contributed by atoms with Crippen molar-refractivity contribution in [2.75, 3.05) is 26.5 Å². The van der Waals surface area contributed by atoms with Crippen molar-refractivity contribution >= 4 is 23.4 Å². The Morgan fingerprint density at radius 1 is 1.00 bits per heavy atom. The monoisotopic (exact) mass is 406 g/mol. The van der Waals surface area contributed by atoms with E-state index in [-0.39, 0.29) is 16.8 Å². The molecule has 29 heavy (non-hydrogen) atoms. The Balaban J connectivity index is 2.32. The maximum atomic E-state index is 14.3. The van der Waals surface area contributed by atoms with Crippen LogP contribution in [0.15, 0.2) is 36.4 Å². The van der Waals surface area contributed by atoms with Gasteiger partial charge in [-0.3, -0.25) is 19.6 Å². The second-order valence-electron chi connectivity index (χ2n) is 6.05. The maximum Gasteiger partial charge on any atom is 0.275 e. The van der Waals surface area contributed by atoms with Gasteiger partial charge in [-0.2, -0.15) is 0 Å². The Kier molecular flexibility index (Phi) is 6.84. The van der Waals surface area contributed by atoms with Gasteiger partial charge in [-0.15, -0.1) is 0 Å². The fraction of sp³-hybridized carbons (Fsp3) is 0.211. The van der Waals surface area contributed by atoms with E-state index in [2.05, 4.69) is 10.6 Å². The lowest BCUT2D eigenvalue weighted by molar-refractivity contribution is -0.140. The highest BCUT2D eigenvalue weighted by Crippen LogP contribution is 2.28. The fourth-order valence-corrected chi connectivity index (χ4v) is 2.74. The van der Waals surface area contributed by atoms with Gasteiger partial charge in [0, 0.05) is 38.3 Å². The summed E-state index contributed by atoms with van der Waals surface area (Å²) in [5.41, 5.74) is 1.80. The lowest BCUT2D eigenvalue weighted by Gasteiger charge is -2.25. The Labute approximate surface area is 165 Å². The third kappa shape index (κ3) is 4.49. The Morgan fingerprint density at radius 2 is 1.62 bits per heavy atom. The topological polar surface area (TPSA) is 111 Å². The molecule has 154 valence electrons. The number of nitrogens with one attached hydrogen (secondary N) is 3. The second kappa shape index (κ2) is 9.11. The minimum absolute atomic E-state index is 0.0109. The van der Waals surface area contributed by atoms with Gasteiger partial charge in [0.15, 0.2) is 6.04 Å². The van der Waals surface area contributed by atoms with Gasteiger partial charge in [-0.25, -0.2) is 14.3 Å². The van der Waals surface area contributed by atoms with E-state index in [9.17, 15) is 23.2 Å². The van der Waals surface area contributed by atoms with Crippen LogP contribution in [-0.2, 0) is 9.59 Å². The van der Waals surface area contributed by atoms with E-state index >= 15 is 0 Å². The average Bonchev–Trinajstić information content (AvgIpc) is 2.74. The highest BCUT2D eigenvalue weighted by Gasteiger charge is 2.33. The van der Waals surface area contributed by atoms with Crippen LogP contribution in [-0.4, -0.2) is 55.0 Å². The maximum absolute atomic E-state index is 14.3. The Hall–Kier alpha value is -3.53. The first-order valence-electron chi connectivity index (χ1n) is 8.45. The van der Waals surface area contributed by atoms with Gasteiger partial charge in [0.25, 0.3) is 17.7 Å². The molecule has 0 saturated heterocycles. The van der Waals surface area contributed by atoms with Gasteiger partial charge in [0.2, 0.25) is 0 Å². The minimum Gasteiger partial charge on any atom is -0.386 e. The first kappa shape index (κ1) is 21.8. The molecule has 0 fully saturated rings. The molecule has 10 heteroatoms. The summed E-state index contributed by atoms with van der Waals surface area (Å²) in [6.45, 7) is 0. The molecule has 1 atom stereocenters. The molecule has 0 aliphatic rings. The molecule has 2 aromatic carbocycles. The first-order valence-corrected chi connectivity index (χ1v) is 8.45. The van der Waals surface area contributed by atoms with Gasteiger partial charge in [0.05, 0.1) is 5.69 Å². The molecule has 8 nitrogen and oxygen atoms in total. The molecular weight excluding hydrogens is 386 g/mol. The quantitative estimate of drug-likeness (QED) is 0.329. The van der Waals surface area contributed by atoms with Crippen LogP contribution in [0.5, 0.6) is 0 Å². The average molecular weight is 406 g/mol. The smallest absolute Gasteiger partial charge is 0.275 e. The fourth-order valence-electron chi connectivity index (χ4n) is 2.74. The van der Waals surface area contributed by atoms with E-state index in [1.54, 1.807) is 0 Å². The number of hydroxylamine groups is 1. The third-order valence-corrected chi connectivity index (χ3v) is 4.33. The highest BCUT2D eigenvalue weighted by atomic mass is 19.1. The van der Waals surface area contributed by atoms with Crippen molar-refractivity contribution < 1.29 is 28.4 Å². The van der Waals surface area contributed by atoms with Crippen molar-refractivity contribution in [3.05, 3.63) is 53.6 Å². The first-order chi connectivity index (χ1) is 13.7. The number of carbonyl (C=O) groups excluding carboxylic acids is 3. The lowest BCUT2D eigenvalue weighted by Crippen LogP contribution is -2.54. The number of nitrogens with zero attached hydrogens (tertiary/aromatic N) is 1. The molecule has 2 aromatic rings. The highest BCUT2D eigenvalue weighted by molar-refractivity contribution is 6.08. The molecule has 0 aliphatic carbocycles. The standard InChI is InChI=1S/C19H20F2N4O4/c1-22-15-9-13(20)12(8-14(15)21)10-4-6-11(7-5-10)19(28)25(3)16(17(26)23-2)18(27)24-29/h4-9,16,22,29H,1-3H3,(H,23,26)(H,24,27). The molecule has 0 spiro atoms. The van der Waals surface area contributed by atoms with Crippen molar-refractivity contribution in [2.45, 2.75) is 6.04 Å². The molecule has 1 unspecified atom stereocenters.